The molecule has 0 aliphatic heterocycles. The van der Waals surface area contributed by atoms with Gasteiger partial charge in [0.25, 0.3) is 0 Å². The van der Waals surface area contributed by atoms with Crippen molar-refractivity contribution in [2.45, 2.75) is 26.4 Å². The molecule has 0 bridgehead atoms. The first-order valence-electron chi connectivity index (χ1n) is 3.27. The van der Waals surface area contributed by atoms with Gasteiger partial charge in [-0.05, 0) is 18.9 Å². The molecule has 0 aromatic carbocycles. The van der Waals surface area contributed by atoms with E-state index < -0.39 is 6.10 Å². The van der Waals surface area contributed by atoms with E-state index in [9.17, 15) is 0 Å². The van der Waals surface area contributed by atoms with Crippen LogP contribution in [0.2, 0.25) is 0 Å². The predicted octanol–water partition coefficient (Wildman–Crippen LogP) is 0.662. The van der Waals surface area contributed by atoms with Crippen LogP contribution in [0, 0.1) is 0 Å². The highest BCUT2D eigenvalue weighted by molar-refractivity contribution is 5.04. The van der Waals surface area contributed by atoms with Crippen LogP contribution in [0.25, 0.3) is 0 Å². The molecule has 0 fully saturated rings. The van der Waals surface area contributed by atoms with Gasteiger partial charge < -0.3 is 10.8 Å². The summed E-state index contributed by atoms with van der Waals surface area (Å²) in [6.45, 7) is 4.25. The fourth-order valence-electron chi connectivity index (χ4n) is 0.644. The predicted molar refractivity (Wildman–Crippen MR) is 39.1 cm³/mol. The SMILES string of the molecule is CCC=C(C)C(O)CN. The van der Waals surface area contributed by atoms with Crippen LogP contribution in [0.1, 0.15) is 20.3 Å². The fourth-order valence-corrected chi connectivity index (χ4v) is 0.644. The summed E-state index contributed by atoms with van der Waals surface area (Å²) < 4.78 is 0. The topological polar surface area (TPSA) is 46.2 Å². The van der Waals surface area contributed by atoms with Crippen molar-refractivity contribution in [3.63, 3.8) is 0 Å². The minimum atomic E-state index is -0.440. The minimum Gasteiger partial charge on any atom is -0.387 e. The summed E-state index contributed by atoms with van der Waals surface area (Å²) in [5.41, 5.74) is 6.18. The van der Waals surface area contributed by atoms with Gasteiger partial charge in [0.1, 0.15) is 0 Å². The van der Waals surface area contributed by atoms with E-state index in [4.69, 9.17) is 10.8 Å². The molecule has 2 heteroatoms. The van der Waals surface area contributed by atoms with Crippen molar-refractivity contribution in [3.8, 4) is 0 Å². The van der Waals surface area contributed by atoms with Crippen molar-refractivity contribution in [2.75, 3.05) is 6.54 Å². The zero-order chi connectivity index (χ0) is 7.28. The van der Waals surface area contributed by atoms with E-state index in [1.54, 1.807) is 0 Å². The van der Waals surface area contributed by atoms with Gasteiger partial charge in [0, 0.05) is 6.54 Å². The first-order valence-corrected chi connectivity index (χ1v) is 3.27. The Bertz CT molecular complexity index is 99.1. The second kappa shape index (κ2) is 4.53. The van der Waals surface area contributed by atoms with Crippen LogP contribution in [0.4, 0.5) is 0 Å². The molecule has 0 rings (SSSR count). The van der Waals surface area contributed by atoms with Crippen LogP contribution in [-0.2, 0) is 0 Å². The Morgan fingerprint density at radius 3 is 2.67 bits per heavy atom. The standard InChI is InChI=1S/C7H15NO/c1-3-4-6(2)7(9)5-8/h4,7,9H,3,5,8H2,1-2H3. The van der Waals surface area contributed by atoms with Gasteiger partial charge >= 0.3 is 0 Å². The van der Waals surface area contributed by atoms with E-state index in [0.717, 1.165) is 12.0 Å². The highest BCUT2D eigenvalue weighted by atomic mass is 16.3. The Balaban J connectivity index is 3.70. The molecule has 0 heterocycles. The number of aliphatic hydroxyl groups excluding tert-OH is 1. The van der Waals surface area contributed by atoms with Gasteiger partial charge in [-0.15, -0.1) is 0 Å². The maximum absolute atomic E-state index is 9.06. The highest BCUT2D eigenvalue weighted by Crippen LogP contribution is 1.99. The van der Waals surface area contributed by atoms with Gasteiger partial charge in [0.2, 0.25) is 0 Å². The van der Waals surface area contributed by atoms with Crippen molar-refractivity contribution < 1.29 is 5.11 Å². The Morgan fingerprint density at radius 2 is 2.33 bits per heavy atom. The van der Waals surface area contributed by atoms with Gasteiger partial charge in [-0.25, -0.2) is 0 Å². The molecule has 1 atom stereocenters. The lowest BCUT2D eigenvalue weighted by Crippen LogP contribution is -2.20. The molecule has 0 amide bonds. The molecular formula is C7H15NO. The minimum absolute atomic E-state index is 0.322. The number of aliphatic hydroxyl groups is 1. The quantitative estimate of drug-likeness (QED) is 0.550. The Hall–Kier alpha value is -0.340. The lowest BCUT2D eigenvalue weighted by Gasteiger charge is -2.06. The van der Waals surface area contributed by atoms with Crippen molar-refractivity contribution >= 4 is 0 Å². The average Bonchev–Trinajstić information content (AvgIpc) is 1.87. The molecule has 0 spiro atoms. The summed E-state index contributed by atoms with van der Waals surface area (Å²) in [5.74, 6) is 0. The molecule has 1 unspecified atom stereocenters. The summed E-state index contributed by atoms with van der Waals surface area (Å²) in [6, 6.07) is 0. The molecule has 2 nitrogen and oxygen atoms in total. The maximum atomic E-state index is 9.06. The third-order valence-corrected chi connectivity index (χ3v) is 1.27. The fraction of sp³-hybridized carbons (Fsp3) is 0.714. The van der Waals surface area contributed by atoms with Crippen LogP contribution in [-0.4, -0.2) is 17.8 Å². The zero-order valence-corrected chi connectivity index (χ0v) is 6.09. The molecule has 3 N–H and O–H groups in total. The molecule has 0 aliphatic rings. The highest BCUT2D eigenvalue weighted by Gasteiger charge is 2.00. The van der Waals surface area contributed by atoms with E-state index in [1.165, 1.54) is 0 Å². The van der Waals surface area contributed by atoms with E-state index in [1.807, 2.05) is 19.9 Å². The molecule has 0 aromatic rings. The van der Waals surface area contributed by atoms with E-state index in [0.29, 0.717) is 6.54 Å². The summed E-state index contributed by atoms with van der Waals surface area (Å²) in [7, 11) is 0. The van der Waals surface area contributed by atoms with Gasteiger partial charge in [-0.2, -0.15) is 0 Å². The normalized spacial score (nSPS) is 15.8. The summed E-state index contributed by atoms with van der Waals surface area (Å²) in [6.07, 6.45) is 2.50. The number of hydrogen-bond donors (Lipinski definition) is 2. The van der Waals surface area contributed by atoms with Crippen molar-refractivity contribution in [3.05, 3.63) is 11.6 Å². The van der Waals surface area contributed by atoms with E-state index in [-0.39, 0.29) is 0 Å². The molecule has 0 saturated heterocycles. The molecule has 54 valence electrons. The third-order valence-electron chi connectivity index (χ3n) is 1.27. The molecule has 9 heavy (non-hydrogen) atoms. The van der Waals surface area contributed by atoms with Gasteiger partial charge in [-0.3, -0.25) is 0 Å². The number of rotatable bonds is 3. The lowest BCUT2D eigenvalue weighted by molar-refractivity contribution is 0.219. The van der Waals surface area contributed by atoms with Gasteiger partial charge in [0.05, 0.1) is 6.10 Å². The summed E-state index contributed by atoms with van der Waals surface area (Å²) in [4.78, 5) is 0. The van der Waals surface area contributed by atoms with Crippen LogP contribution in [0.15, 0.2) is 11.6 Å². The molecule has 0 aliphatic carbocycles. The van der Waals surface area contributed by atoms with Crippen molar-refractivity contribution in [2.24, 2.45) is 5.73 Å². The van der Waals surface area contributed by atoms with Crippen LogP contribution >= 0.6 is 0 Å². The van der Waals surface area contributed by atoms with Gasteiger partial charge in [-0.1, -0.05) is 13.0 Å². The molecule has 0 radical (unpaired) electrons. The first kappa shape index (κ1) is 8.66. The van der Waals surface area contributed by atoms with Crippen LogP contribution in [0.5, 0.6) is 0 Å². The monoisotopic (exact) mass is 129 g/mol. The second-order valence-electron chi connectivity index (χ2n) is 2.11. The third kappa shape index (κ3) is 3.27. The average molecular weight is 129 g/mol. The molecule has 0 aromatic heterocycles. The number of nitrogens with two attached hydrogens (primary N) is 1. The summed E-state index contributed by atoms with van der Waals surface area (Å²) in [5, 5.41) is 9.06. The Morgan fingerprint density at radius 1 is 1.78 bits per heavy atom. The first-order chi connectivity index (χ1) is 4.22. The lowest BCUT2D eigenvalue weighted by atomic mass is 10.1. The van der Waals surface area contributed by atoms with Crippen LogP contribution < -0.4 is 5.73 Å². The number of hydrogen-bond acceptors (Lipinski definition) is 2. The second-order valence-corrected chi connectivity index (χ2v) is 2.11. The Kier molecular flexibility index (Phi) is 4.36. The van der Waals surface area contributed by atoms with E-state index in [2.05, 4.69) is 0 Å². The Labute approximate surface area is 56.4 Å². The van der Waals surface area contributed by atoms with Crippen LogP contribution in [0.3, 0.4) is 0 Å². The van der Waals surface area contributed by atoms with Crippen molar-refractivity contribution in [1.29, 1.82) is 0 Å². The zero-order valence-electron chi connectivity index (χ0n) is 6.09. The largest absolute Gasteiger partial charge is 0.387 e. The van der Waals surface area contributed by atoms with Crippen molar-refractivity contribution in [1.82, 2.24) is 0 Å². The van der Waals surface area contributed by atoms with E-state index >= 15 is 0 Å². The molecule has 0 saturated carbocycles. The van der Waals surface area contributed by atoms with Gasteiger partial charge in [0.15, 0.2) is 0 Å². The summed E-state index contributed by atoms with van der Waals surface area (Å²) >= 11 is 0. The molecular weight excluding hydrogens is 114 g/mol. The maximum Gasteiger partial charge on any atom is 0.0869 e. The smallest absolute Gasteiger partial charge is 0.0869 e. The number of allylic oxidation sites excluding steroid dienone is 1.